The summed E-state index contributed by atoms with van der Waals surface area (Å²) in [4.78, 5) is 0. The van der Waals surface area contributed by atoms with Crippen LogP contribution in [0.15, 0.2) is 18.2 Å². The summed E-state index contributed by atoms with van der Waals surface area (Å²) in [5, 5.41) is 10.0. The normalized spacial score (nSPS) is 24.1. The number of aliphatic hydroxyl groups is 1. The van der Waals surface area contributed by atoms with Crippen LogP contribution in [0.2, 0.25) is 0 Å². The summed E-state index contributed by atoms with van der Waals surface area (Å²) in [6.45, 7) is 1.64. The van der Waals surface area contributed by atoms with Crippen molar-refractivity contribution in [2.24, 2.45) is 5.92 Å². The highest BCUT2D eigenvalue weighted by molar-refractivity contribution is 7.91. The van der Waals surface area contributed by atoms with Gasteiger partial charge in [0, 0.05) is 0 Å². The first kappa shape index (κ1) is 13.5. The Kier molecular flexibility index (Phi) is 3.73. The predicted molar refractivity (Wildman–Crippen MR) is 67.5 cm³/mol. The summed E-state index contributed by atoms with van der Waals surface area (Å²) in [6.07, 6.45) is 0.312. The van der Waals surface area contributed by atoms with E-state index < -0.39 is 15.9 Å². The Labute approximate surface area is 107 Å². The van der Waals surface area contributed by atoms with E-state index in [2.05, 4.69) is 0 Å². The van der Waals surface area contributed by atoms with Crippen LogP contribution in [0.1, 0.15) is 30.1 Å². The molecule has 3 nitrogen and oxygen atoms in total. The molecule has 2 rings (SSSR count). The van der Waals surface area contributed by atoms with Crippen LogP contribution in [0.3, 0.4) is 0 Å². The maximum Gasteiger partial charge on any atom is 0.150 e. The maximum atomic E-state index is 13.1. The Morgan fingerprint density at radius 2 is 2.22 bits per heavy atom. The molecule has 0 aliphatic carbocycles. The van der Waals surface area contributed by atoms with Crippen molar-refractivity contribution in [1.82, 2.24) is 0 Å². The first-order chi connectivity index (χ1) is 8.37. The molecule has 100 valence electrons. The number of sulfone groups is 1. The van der Waals surface area contributed by atoms with Crippen molar-refractivity contribution in [3.05, 3.63) is 35.1 Å². The van der Waals surface area contributed by atoms with Crippen LogP contribution in [0, 0.1) is 18.7 Å². The van der Waals surface area contributed by atoms with Crippen LogP contribution in [0.5, 0.6) is 0 Å². The number of rotatable bonds is 3. The Morgan fingerprint density at radius 1 is 1.50 bits per heavy atom. The standard InChI is InChI=1S/C13H17FO3S/c1-9-6-11(2-3-12(9)14)13(15)7-10-4-5-18(16,17)8-10/h2-3,6,10,13,15H,4-5,7-8H2,1H3. The molecule has 0 radical (unpaired) electrons. The summed E-state index contributed by atoms with van der Waals surface area (Å²) in [5.41, 5.74) is 1.14. The maximum absolute atomic E-state index is 13.1. The van der Waals surface area contributed by atoms with E-state index in [1.807, 2.05) is 0 Å². The van der Waals surface area contributed by atoms with Gasteiger partial charge in [-0.1, -0.05) is 12.1 Å². The Bertz CT molecular complexity index is 539. The lowest BCUT2D eigenvalue weighted by Crippen LogP contribution is -2.09. The van der Waals surface area contributed by atoms with Crippen molar-refractivity contribution in [2.75, 3.05) is 11.5 Å². The SMILES string of the molecule is Cc1cc(C(O)CC2CCS(=O)(=O)C2)ccc1F. The lowest BCUT2D eigenvalue weighted by molar-refractivity contribution is 0.148. The van der Waals surface area contributed by atoms with Crippen molar-refractivity contribution < 1.29 is 17.9 Å². The molecule has 1 aliphatic rings. The van der Waals surface area contributed by atoms with Gasteiger partial charge in [-0.05, 0) is 42.9 Å². The van der Waals surface area contributed by atoms with E-state index in [1.54, 1.807) is 19.1 Å². The molecule has 1 N–H and O–H groups in total. The van der Waals surface area contributed by atoms with Gasteiger partial charge in [0.1, 0.15) is 5.82 Å². The highest BCUT2D eigenvalue weighted by Crippen LogP contribution is 2.29. The Balaban J connectivity index is 2.04. The molecule has 18 heavy (non-hydrogen) atoms. The van der Waals surface area contributed by atoms with E-state index in [0.29, 0.717) is 24.0 Å². The molecule has 1 aromatic carbocycles. The third-order valence-electron chi connectivity index (χ3n) is 3.45. The summed E-state index contributed by atoms with van der Waals surface area (Å²) >= 11 is 0. The van der Waals surface area contributed by atoms with Crippen molar-refractivity contribution in [3.63, 3.8) is 0 Å². The molecule has 5 heteroatoms. The van der Waals surface area contributed by atoms with Crippen LogP contribution in [-0.4, -0.2) is 25.0 Å². The molecule has 0 amide bonds. The van der Waals surface area contributed by atoms with Gasteiger partial charge >= 0.3 is 0 Å². The van der Waals surface area contributed by atoms with E-state index in [0.717, 1.165) is 0 Å². The molecule has 0 aromatic heterocycles. The number of benzene rings is 1. The Morgan fingerprint density at radius 3 is 2.78 bits per heavy atom. The largest absolute Gasteiger partial charge is 0.388 e. The minimum absolute atomic E-state index is 0.00959. The quantitative estimate of drug-likeness (QED) is 0.915. The van der Waals surface area contributed by atoms with Gasteiger partial charge in [0.25, 0.3) is 0 Å². The average Bonchev–Trinajstić information content (AvgIpc) is 2.62. The van der Waals surface area contributed by atoms with Gasteiger partial charge in [0.2, 0.25) is 0 Å². The number of halogens is 1. The number of hydrogen-bond donors (Lipinski definition) is 1. The second-order valence-corrected chi connectivity index (χ2v) is 7.26. The molecule has 1 aromatic rings. The second kappa shape index (κ2) is 4.97. The van der Waals surface area contributed by atoms with Gasteiger partial charge in [-0.2, -0.15) is 0 Å². The van der Waals surface area contributed by atoms with Gasteiger partial charge < -0.3 is 5.11 Å². The van der Waals surface area contributed by atoms with E-state index in [4.69, 9.17) is 0 Å². The van der Waals surface area contributed by atoms with Crippen LogP contribution in [0.4, 0.5) is 4.39 Å². The molecule has 2 atom stereocenters. The van der Waals surface area contributed by atoms with Crippen LogP contribution in [-0.2, 0) is 9.84 Å². The molecular formula is C13H17FO3S. The summed E-state index contributed by atoms with van der Waals surface area (Å²) in [5.74, 6) is 0.0848. The van der Waals surface area contributed by atoms with E-state index in [9.17, 15) is 17.9 Å². The highest BCUT2D eigenvalue weighted by Gasteiger charge is 2.29. The van der Waals surface area contributed by atoms with Gasteiger partial charge in [0.15, 0.2) is 9.84 Å². The predicted octanol–water partition coefficient (Wildman–Crippen LogP) is 1.99. The van der Waals surface area contributed by atoms with Gasteiger partial charge in [-0.15, -0.1) is 0 Å². The fourth-order valence-electron chi connectivity index (χ4n) is 2.38. The molecule has 0 bridgehead atoms. The number of aryl methyl sites for hydroxylation is 1. The molecule has 1 aliphatic heterocycles. The fourth-order valence-corrected chi connectivity index (χ4v) is 4.26. The molecule has 0 saturated carbocycles. The highest BCUT2D eigenvalue weighted by atomic mass is 32.2. The number of hydrogen-bond acceptors (Lipinski definition) is 3. The Hall–Kier alpha value is -0.940. The molecule has 2 unspecified atom stereocenters. The monoisotopic (exact) mass is 272 g/mol. The van der Waals surface area contributed by atoms with Crippen molar-refractivity contribution in [3.8, 4) is 0 Å². The molecule has 0 spiro atoms. The third-order valence-corrected chi connectivity index (χ3v) is 5.29. The van der Waals surface area contributed by atoms with E-state index >= 15 is 0 Å². The smallest absolute Gasteiger partial charge is 0.150 e. The lowest BCUT2D eigenvalue weighted by atomic mass is 9.95. The minimum Gasteiger partial charge on any atom is -0.388 e. The zero-order valence-corrected chi connectivity index (χ0v) is 11.1. The zero-order valence-electron chi connectivity index (χ0n) is 10.3. The first-order valence-electron chi connectivity index (χ1n) is 6.02. The van der Waals surface area contributed by atoms with Crippen LogP contribution in [0.25, 0.3) is 0 Å². The minimum atomic E-state index is -2.91. The van der Waals surface area contributed by atoms with Crippen molar-refractivity contribution >= 4 is 9.84 Å². The van der Waals surface area contributed by atoms with E-state index in [-0.39, 0.29) is 23.2 Å². The van der Waals surface area contributed by atoms with Gasteiger partial charge in [0.05, 0.1) is 17.6 Å². The molecule has 1 fully saturated rings. The lowest BCUT2D eigenvalue weighted by Gasteiger charge is -2.15. The first-order valence-corrected chi connectivity index (χ1v) is 7.84. The summed E-state index contributed by atoms with van der Waals surface area (Å²) in [7, 11) is -2.91. The third kappa shape index (κ3) is 3.09. The van der Waals surface area contributed by atoms with Crippen LogP contribution >= 0.6 is 0 Å². The zero-order chi connectivity index (χ0) is 13.3. The van der Waals surface area contributed by atoms with Crippen LogP contribution < -0.4 is 0 Å². The molecular weight excluding hydrogens is 255 g/mol. The topological polar surface area (TPSA) is 54.4 Å². The second-order valence-electron chi connectivity index (χ2n) is 5.03. The summed E-state index contributed by atoms with van der Waals surface area (Å²) in [6, 6.07) is 4.50. The summed E-state index contributed by atoms with van der Waals surface area (Å²) < 4.78 is 35.8. The van der Waals surface area contributed by atoms with Crippen molar-refractivity contribution in [1.29, 1.82) is 0 Å². The van der Waals surface area contributed by atoms with E-state index in [1.165, 1.54) is 6.07 Å². The van der Waals surface area contributed by atoms with Crippen molar-refractivity contribution in [2.45, 2.75) is 25.9 Å². The molecule has 1 saturated heterocycles. The van der Waals surface area contributed by atoms with Gasteiger partial charge in [-0.25, -0.2) is 12.8 Å². The molecule has 1 heterocycles. The number of aliphatic hydroxyl groups excluding tert-OH is 1. The van der Waals surface area contributed by atoms with Gasteiger partial charge in [-0.3, -0.25) is 0 Å². The average molecular weight is 272 g/mol. The fraction of sp³-hybridized carbons (Fsp3) is 0.538.